The Morgan fingerprint density at radius 2 is 2.00 bits per heavy atom. The Bertz CT molecular complexity index is 984. The third kappa shape index (κ3) is 4.02. The molecule has 3 aromatic rings. The highest BCUT2D eigenvalue weighted by molar-refractivity contribution is 9.10. The van der Waals surface area contributed by atoms with Gasteiger partial charge in [-0.05, 0) is 53.2 Å². The number of carbonyl (C=O) groups excluding carboxylic acids is 2. The maximum absolute atomic E-state index is 12.4. The fourth-order valence-corrected chi connectivity index (χ4v) is 2.84. The minimum Gasteiger partial charge on any atom is -0.493 e. The molecule has 0 aliphatic heterocycles. The van der Waals surface area contributed by atoms with Crippen molar-refractivity contribution in [3.8, 4) is 5.75 Å². The fourth-order valence-electron chi connectivity index (χ4n) is 2.34. The van der Waals surface area contributed by atoms with Crippen LogP contribution in [0.5, 0.6) is 5.75 Å². The van der Waals surface area contributed by atoms with E-state index in [4.69, 9.17) is 9.15 Å². The minimum atomic E-state index is -0.359. The monoisotopic (exact) mass is 417 g/mol. The Morgan fingerprint density at radius 1 is 1.19 bits per heavy atom. The second-order valence-corrected chi connectivity index (χ2v) is 6.27. The van der Waals surface area contributed by atoms with Crippen LogP contribution in [0, 0.1) is 0 Å². The van der Waals surface area contributed by atoms with Gasteiger partial charge in [0, 0.05) is 24.2 Å². The number of anilines is 2. The molecule has 0 saturated heterocycles. The van der Waals surface area contributed by atoms with Crippen LogP contribution in [0.15, 0.2) is 45.3 Å². The second-order valence-electron chi connectivity index (χ2n) is 5.42. The Balaban J connectivity index is 1.78. The Morgan fingerprint density at radius 3 is 2.69 bits per heavy atom. The number of aromatic nitrogens is 1. The predicted molar refractivity (Wildman–Crippen MR) is 102 cm³/mol. The van der Waals surface area contributed by atoms with Gasteiger partial charge in [0.2, 0.25) is 5.91 Å². The lowest BCUT2D eigenvalue weighted by molar-refractivity contribution is -0.114. The van der Waals surface area contributed by atoms with E-state index in [1.54, 1.807) is 36.4 Å². The smallest absolute Gasteiger partial charge is 0.302 e. The lowest BCUT2D eigenvalue weighted by Crippen LogP contribution is -2.12. The van der Waals surface area contributed by atoms with Crippen LogP contribution in [-0.4, -0.2) is 23.4 Å². The van der Waals surface area contributed by atoms with E-state index in [0.717, 1.165) is 0 Å². The molecule has 8 heteroatoms. The predicted octanol–water partition coefficient (Wildman–Crippen LogP) is 4.20. The number of carbonyl (C=O) groups is 2. The second kappa shape index (κ2) is 7.57. The molecule has 0 aliphatic rings. The van der Waals surface area contributed by atoms with Crippen LogP contribution in [0.4, 0.5) is 11.7 Å². The zero-order chi connectivity index (χ0) is 18.7. The van der Waals surface area contributed by atoms with Crippen molar-refractivity contribution in [1.82, 2.24) is 4.98 Å². The van der Waals surface area contributed by atoms with E-state index in [2.05, 4.69) is 31.5 Å². The number of ether oxygens (including phenoxy) is 1. The third-order valence-corrected chi connectivity index (χ3v) is 4.04. The summed E-state index contributed by atoms with van der Waals surface area (Å²) in [5.41, 5.74) is 2.05. The van der Waals surface area contributed by atoms with Crippen LogP contribution in [0.25, 0.3) is 11.1 Å². The number of amides is 2. The van der Waals surface area contributed by atoms with Crippen LogP contribution in [0.2, 0.25) is 0 Å². The molecular formula is C18H16BrN3O4. The number of benzene rings is 2. The maximum atomic E-state index is 12.4. The number of halogens is 1. The number of nitrogens with zero attached hydrogens (tertiary/aromatic N) is 1. The molecule has 134 valence electrons. The van der Waals surface area contributed by atoms with Crippen LogP contribution in [-0.2, 0) is 4.79 Å². The first kappa shape index (κ1) is 17.9. The quantitative estimate of drug-likeness (QED) is 0.648. The largest absolute Gasteiger partial charge is 0.493 e. The highest BCUT2D eigenvalue weighted by Crippen LogP contribution is 2.27. The van der Waals surface area contributed by atoms with E-state index in [-0.39, 0.29) is 17.8 Å². The molecule has 0 atom stereocenters. The van der Waals surface area contributed by atoms with Crippen molar-refractivity contribution in [2.24, 2.45) is 0 Å². The Hall–Kier alpha value is -2.87. The molecule has 26 heavy (non-hydrogen) atoms. The highest BCUT2D eigenvalue weighted by atomic mass is 79.9. The van der Waals surface area contributed by atoms with Crippen LogP contribution in [0.1, 0.15) is 24.2 Å². The first-order chi connectivity index (χ1) is 12.5. The number of rotatable bonds is 5. The summed E-state index contributed by atoms with van der Waals surface area (Å²) in [4.78, 5) is 27.7. The fraction of sp³-hybridized carbons (Fsp3) is 0.167. The molecule has 0 spiro atoms. The summed E-state index contributed by atoms with van der Waals surface area (Å²) in [5.74, 6) is 0.122. The SMILES string of the molecule is CCOc1ccc(C(=O)Nc2nc3ccc(NC(C)=O)cc3o2)cc1Br. The van der Waals surface area contributed by atoms with Gasteiger partial charge < -0.3 is 14.5 Å². The first-order valence-electron chi connectivity index (χ1n) is 7.88. The van der Waals surface area contributed by atoms with E-state index in [0.29, 0.717) is 39.2 Å². The van der Waals surface area contributed by atoms with E-state index < -0.39 is 0 Å². The lowest BCUT2D eigenvalue weighted by atomic mass is 10.2. The molecular weight excluding hydrogens is 402 g/mol. The third-order valence-electron chi connectivity index (χ3n) is 3.42. The van der Waals surface area contributed by atoms with Gasteiger partial charge in [0.25, 0.3) is 5.91 Å². The molecule has 0 unspecified atom stereocenters. The number of oxazole rings is 1. The minimum absolute atomic E-state index is 0.0787. The van der Waals surface area contributed by atoms with Crippen molar-refractivity contribution in [3.63, 3.8) is 0 Å². The van der Waals surface area contributed by atoms with Gasteiger partial charge in [-0.2, -0.15) is 4.98 Å². The standard InChI is InChI=1S/C18H16BrN3O4/c1-3-25-15-7-4-11(8-13(15)19)17(24)22-18-21-14-6-5-12(20-10(2)23)9-16(14)26-18/h4-9H,3H2,1-2H3,(H,20,23)(H,21,22,24). The van der Waals surface area contributed by atoms with Crippen molar-refractivity contribution in [1.29, 1.82) is 0 Å². The van der Waals surface area contributed by atoms with Gasteiger partial charge in [-0.15, -0.1) is 0 Å². The molecule has 0 aliphatic carbocycles. The van der Waals surface area contributed by atoms with E-state index in [9.17, 15) is 9.59 Å². The number of hydrogen-bond acceptors (Lipinski definition) is 5. The Kier molecular flexibility index (Phi) is 5.22. The summed E-state index contributed by atoms with van der Waals surface area (Å²) in [6, 6.07) is 10.2. The molecule has 0 bridgehead atoms. The molecule has 2 N–H and O–H groups in total. The summed E-state index contributed by atoms with van der Waals surface area (Å²) < 4.78 is 11.7. The molecule has 2 aromatic carbocycles. The summed E-state index contributed by atoms with van der Waals surface area (Å²) >= 11 is 3.38. The van der Waals surface area contributed by atoms with E-state index >= 15 is 0 Å². The molecule has 3 rings (SSSR count). The molecule has 0 fully saturated rings. The average molecular weight is 418 g/mol. The van der Waals surface area contributed by atoms with Gasteiger partial charge >= 0.3 is 6.01 Å². The van der Waals surface area contributed by atoms with Crippen molar-refractivity contribution in [2.45, 2.75) is 13.8 Å². The van der Waals surface area contributed by atoms with Crippen LogP contribution >= 0.6 is 15.9 Å². The van der Waals surface area contributed by atoms with Gasteiger partial charge in [0.15, 0.2) is 5.58 Å². The van der Waals surface area contributed by atoms with Crippen molar-refractivity contribution in [2.75, 3.05) is 17.2 Å². The van der Waals surface area contributed by atoms with Gasteiger partial charge in [-0.25, -0.2) is 0 Å². The molecule has 0 radical (unpaired) electrons. The lowest BCUT2D eigenvalue weighted by Gasteiger charge is -2.07. The Labute approximate surface area is 157 Å². The number of fused-ring (bicyclic) bond motifs is 1. The average Bonchev–Trinajstić information content (AvgIpc) is 2.97. The molecule has 2 amide bonds. The normalized spacial score (nSPS) is 10.6. The van der Waals surface area contributed by atoms with Gasteiger partial charge in [-0.1, -0.05) is 0 Å². The molecule has 1 aromatic heterocycles. The summed E-state index contributed by atoms with van der Waals surface area (Å²) in [5, 5.41) is 5.28. The van der Waals surface area contributed by atoms with Crippen molar-refractivity contribution in [3.05, 3.63) is 46.4 Å². The van der Waals surface area contributed by atoms with Crippen LogP contribution in [0.3, 0.4) is 0 Å². The molecule has 7 nitrogen and oxygen atoms in total. The first-order valence-corrected chi connectivity index (χ1v) is 8.67. The van der Waals surface area contributed by atoms with Gasteiger partial charge in [-0.3, -0.25) is 14.9 Å². The maximum Gasteiger partial charge on any atom is 0.302 e. The summed E-state index contributed by atoms with van der Waals surface area (Å²) in [6.07, 6.45) is 0. The zero-order valence-electron chi connectivity index (χ0n) is 14.1. The number of hydrogen-bond donors (Lipinski definition) is 2. The van der Waals surface area contributed by atoms with E-state index in [1.807, 2.05) is 6.92 Å². The van der Waals surface area contributed by atoms with Gasteiger partial charge in [0.05, 0.1) is 11.1 Å². The summed E-state index contributed by atoms with van der Waals surface area (Å²) in [6.45, 7) is 3.84. The van der Waals surface area contributed by atoms with Crippen LogP contribution < -0.4 is 15.4 Å². The zero-order valence-corrected chi connectivity index (χ0v) is 15.7. The van der Waals surface area contributed by atoms with Crippen molar-refractivity contribution >= 4 is 50.5 Å². The van der Waals surface area contributed by atoms with Crippen molar-refractivity contribution < 1.29 is 18.7 Å². The molecule has 0 saturated carbocycles. The van der Waals surface area contributed by atoms with Gasteiger partial charge in [0.1, 0.15) is 11.3 Å². The topological polar surface area (TPSA) is 93.5 Å². The molecule has 1 heterocycles. The number of nitrogens with one attached hydrogen (secondary N) is 2. The highest BCUT2D eigenvalue weighted by Gasteiger charge is 2.13. The van der Waals surface area contributed by atoms with E-state index in [1.165, 1.54) is 6.92 Å². The summed E-state index contributed by atoms with van der Waals surface area (Å²) in [7, 11) is 0.